The molecule has 4 fully saturated rings. The SMILES string of the molecule is CC1(C)[C@H](NC(=O)c2ccc(N3CCC(CN4CCN(c5cc6c(cc5F)C(=O)N(C5CCC(=O)NC5=O)C6)CC4)CC3)nc2)C(C)(C)[C@H]1Oc1ccc(C#N)c(Cl)c1. The molecule has 1 aromatic heterocycles. The fraction of sp³-hybridized carbons (Fsp3) is 0.500. The molecule has 59 heavy (non-hydrogen) atoms. The first-order valence-corrected chi connectivity index (χ1v) is 20.8. The summed E-state index contributed by atoms with van der Waals surface area (Å²) in [7, 11) is 0. The Morgan fingerprint density at radius 3 is 2.36 bits per heavy atom. The van der Waals surface area contributed by atoms with Crippen LogP contribution in [0.1, 0.15) is 85.2 Å². The number of carbonyl (C=O) groups excluding carboxylic acids is 4. The van der Waals surface area contributed by atoms with Crippen molar-refractivity contribution in [3.63, 3.8) is 0 Å². The van der Waals surface area contributed by atoms with Crippen molar-refractivity contribution in [2.45, 2.75) is 78.1 Å². The molecule has 5 heterocycles. The van der Waals surface area contributed by atoms with Gasteiger partial charge in [-0.2, -0.15) is 5.26 Å². The van der Waals surface area contributed by atoms with Gasteiger partial charge in [0, 0.05) is 93.5 Å². The summed E-state index contributed by atoms with van der Waals surface area (Å²) in [5.41, 5.74) is 1.60. The molecule has 1 unspecified atom stereocenters. The van der Waals surface area contributed by atoms with Crippen molar-refractivity contribution in [1.82, 2.24) is 25.4 Å². The van der Waals surface area contributed by atoms with E-state index >= 15 is 4.39 Å². The van der Waals surface area contributed by atoms with Crippen LogP contribution in [0.4, 0.5) is 15.9 Å². The molecule has 310 valence electrons. The average molecular weight is 825 g/mol. The molecule has 1 aliphatic carbocycles. The van der Waals surface area contributed by atoms with Gasteiger partial charge in [-0.1, -0.05) is 39.3 Å². The molecule has 8 rings (SSSR count). The molecule has 1 saturated carbocycles. The van der Waals surface area contributed by atoms with Gasteiger partial charge in [0.15, 0.2) is 0 Å². The zero-order valence-electron chi connectivity index (χ0n) is 33.9. The Labute approximate surface area is 348 Å². The smallest absolute Gasteiger partial charge is 0.255 e. The number of nitrogens with zero attached hydrogens (tertiary/aromatic N) is 6. The summed E-state index contributed by atoms with van der Waals surface area (Å²) in [4.78, 5) is 63.6. The van der Waals surface area contributed by atoms with E-state index in [-0.39, 0.29) is 65.6 Å². The third-order valence-corrected chi connectivity index (χ3v) is 13.5. The Kier molecular flexibility index (Phi) is 10.8. The summed E-state index contributed by atoms with van der Waals surface area (Å²) in [5, 5.41) is 15.1. The maximum atomic E-state index is 15.4. The molecule has 3 saturated heterocycles. The maximum Gasteiger partial charge on any atom is 0.255 e. The van der Waals surface area contributed by atoms with Crippen LogP contribution in [0.3, 0.4) is 0 Å². The van der Waals surface area contributed by atoms with Gasteiger partial charge in [0.25, 0.3) is 11.8 Å². The van der Waals surface area contributed by atoms with Crippen LogP contribution in [-0.4, -0.2) is 102 Å². The van der Waals surface area contributed by atoms with Crippen molar-refractivity contribution in [3.05, 3.63) is 81.8 Å². The summed E-state index contributed by atoms with van der Waals surface area (Å²) in [6.45, 7) is 14.2. The highest BCUT2D eigenvalue weighted by Gasteiger charge is 2.64. The van der Waals surface area contributed by atoms with E-state index in [1.807, 2.05) is 17.0 Å². The normalized spacial score (nSPS) is 24.3. The summed E-state index contributed by atoms with van der Waals surface area (Å²) < 4.78 is 21.8. The van der Waals surface area contributed by atoms with Crippen LogP contribution in [0.15, 0.2) is 48.7 Å². The number of hydrogen-bond acceptors (Lipinski definition) is 10. The van der Waals surface area contributed by atoms with Crippen molar-refractivity contribution < 1.29 is 28.3 Å². The molecule has 15 heteroatoms. The number of nitriles is 1. The van der Waals surface area contributed by atoms with Crippen molar-refractivity contribution in [2.24, 2.45) is 16.7 Å². The summed E-state index contributed by atoms with van der Waals surface area (Å²) in [6, 6.07) is 13.1. The number of anilines is 2. The Morgan fingerprint density at radius 1 is 0.983 bits per heavy atom. The van der Waals surface area contributed by atoms with Crippen LogP contribution in [0, 0.1) is 33.9 Å². The van der Waals surface area contributed by atoms with E-state index in [0.717, 1.165) is 51.4 Å². The van der Waals surface area contributed by atoms with Gasteiger partial charge in [-0.25, -0.2) is 9.37 Å². The number of carbonyl (C=O) groups is 4. The highest BCUT2D eigenvalue weighted by atomic mass is 35.5. The summed E-state index contributed by atoms with van der Waals surface area (Å²) >= 11 is 6.25. The van der Waals surface area contributed by atoms with E-state index in [0.29, 0.717) is 52.2 Å². The standard InChI is InChI=1S/C44H50ClFN8O5/c1-43(2)41(44(3,4)42(43)59-30-7-5-27(22-47)32(45)20-30)50-38(56)28-6-9-36(48-23-28)53-13-11-26(12-14-53)24-51-15-17-52(18-16-51)35-19-29-25-54(40(58)31(29)21-33(35)46)34-8-10-37(55)49-39(34)57/h5-7,9,19-21,23,26,34,41-42H,8,10-18,24-25H2,1-4H3,(H,50,56)(H,49,55,57)/t34?,41-,42-. The highest BCUT2D eigenvalue weighted by molar-refractivity contribution is 6.31. The average Bonchev–Trinajstić information content (AvgIpc) is 3.53. The van der Waals surface area contributed by atoms with Gasteiger partial charge < -0.3 is 24.8 Å². The number of fused-ring (bicyclic) bond motifs is 1. The monoisotopic (exact) mass is 824 g/mol. The van der Waals surface area contributed by atoms with E-state index in [1.165, 1.54) is 11.0 Å². The van der Waals surface area contributed by atoms with Gasteiger partial charge in [-0.15, -0.1) is 0 Å². The minimum atomic E-state index is -0.732. The Bertz CT molecular complexity index is 2190. The van der Waals surface area contributed by atoms with Gasteiger partial charge in [0.2, 0.25) is 11.8 Å². The van der Waals surface area contributed by atoms with E-state index in [2.05, 4.69) is 54.2 Å². The molecule has 13 nitrogen and oxygen atoms in total. The first-order chi connectivity index (χ1) is 28.1. The van der Waals surface area contributed by atoms with E-state index in [1.54, 1.807) is 30.5 Å². The van der Waals surface area contributed by atoms with Crippen molar-refractivity contribution >= 4 is 46.7 Å². The number of imide groups is 1. The van der Waals surface area contributed by atoms with Crippen LogP contribution in [0.5, 0.6) is 5.75 Å². The molecule has 5 aliphatic rings. The number of halogens is 2. The number of hydrogen-bond donors (Lipinski definition) is 2. The largest absolute Gasteiger partial charge is 0.489 e. The maximum absolute atomic E-state index is 15.4. The Balaban J connectivity index is 0.791. The predicted octanol–water partition coefficient (Wildman–Crippen LogP) is 5.16. The quantitative estimate of drug-likeness (QED) is 0.277. The fourth-order valence-electron chi connectivity index (χ4n) is 10.2. The number of amides is 4. The summed E-state index contributed by atoms with van der Waals surface area (Å²) in [5.74, 6) is 0.146. The molecule has 4 amide bonds. The molecular formula is C44H50ClFN8O5. The molecule has 2 N–H and O–H groups in total. The van der Waals surface area contributed by atoms with Crippen molar-refractivity contribution in [2.75, 3.05) is 55.6 Å². The first-order valence-electron chi connectivity index (χ1n) is 20.5. The lowest BCUT2D eigenvalue weighted by Gasteiger charge is -2.63. The lowest BCUT2D eigenvalue weighted by Crippen LogP contribution is -2.74. The number of piperidine rings is 2. The second kappa shape index (κ2) is 15.7. The number of benzene rings is 2. The second-order valence-corrected chi connectivity index (χ2v) is 18.2. The Morgan fingerprint density at radius 2 is 1.71 bits per heavy atom. The minimum absolute atomic E-state index is 0.157. The van der Waals surface area contributed by atoms with Crippen LogP contribution in [0.2, 0.25) is 5.02 Å². The molecule has 0 bridgehead atoms. The van der Waals surface area contributed by atoms with Crippen LogP contribution in [0.25, 0.3) is 0 Å². The van der Waals surface area contributed by atoms with E-state index < -0.39 is 17.8 Å². The number of rotatable bonds is 9. The number of aromatic nitrogens is 1. The topological polar surface area (TPSA) is 151 Å². The number of nitrogens with one attached hydrogen (secondary N) is 2. The molecule has 1 atom stereocenters. The third-order valence-electron chi connectivity index (χ3n) is 13.2. The molecule has 4 aliphatic heterocycles. The van der Waals surface area contributed by atoms with E-state index in [9.17, 15) is 24.4 Å². The second-order valence-electron chi connectivity index (χ2n) is 17.8. The van der Waals surface area contributed by atoms with Crippen LogP contribution in [-0.2, 0) is 16.1 Å². The van der Waals surface area contributed by atoms with Crippen LogP contribution < -0.4 is 25.2 Å². The first kappa shape index (κ1) is 40.5. The Hall–Kier alpha value is -5.26. The summed E-state index contributed by atoms with van der Waals surface area (Å²) in [6.07, 6.45) is 3.93. The lowest BCUT2D eigenvalue weighted by molar-refractivity contribution is -0.164. The van der Waals surface area contributed by atoms with Crippen molar-refractivity contribution in [1.29, 1.82) is 5.26 Å². The predicted molar refractivity (Wildman–Crippen MR) is 220 cm³/mol. The van der Waals surface area contributed by atoms with Gasteiger partial charge in [0.1, 0.15) is 35.6 Å². The van der Waals surface area contributed by atoms with E-state index in [4.69, 9.17) is 21.3 Å². The molecule has 0 radical (unpaired) electrons. The number of piperazine rings is 1. The minimum Gasteiger partial charge on any atom is -0.489 e. The lowest BCUT2D eigenvalue weighted by atomic mass is 9.49. The fourth-order valence-corrected chi connectivity index (χ4v) is 10.4. The highest BCUT2D eigenvalue weighted by Crippen LogP contribution is 2.55. The molecule has 0 spiro atoms. The molecular weight excluding hydrogens is 775 g/mol. The number of pyridine rings is 1. The zero-order valence-corrected chi connectivity index (χ0v) is 34.6. The van der Waals surface area contributed by atoms with Gasteiger partial charge >= 0.3 is 0 Å². The number of ether oxygens (including phenoxy) is 1. The van der Waals surface area contributed by atoms with Gasteiger partial charge in [0.05, 0.1) is 21.8 Å². The van der Waals surface area contributed by atoms with Gasteiger partial charge in [-0.05, 0) is 67.1 Å². The van der Waals surface area contributed by atoms with Crippen LogP contribution >= 0.6 is 11.6 Å². The molecule has 2 aromatic carbocycles. The van der Waals surface area contributed by atoms with Gasteiger partial charge in [-0.3, -0.25) is 29.4 Å². The zero-order chi connectivity index (χ0) is 41.8. The molecule has 3 aromatic rings. The third kappa shape index (κ3) is 7.71. The van der Waals surface area contributed by atoms with Crippen molar-refractivity contribution in [3.8, 4) is 11.8 Å².